The van der Waals surface area contributed by atoms with Crippen molar-refractivity contribution >= 4 is 40.9 Å². The van der Waals surface area contributed by atoms with Crippen LogP contribution in [-0.2, 0) is 14.3 Å². The van der Waals surface area contributed by atoms with E-state index in [4.69, 9.17) is 16.3 Å². The molecule has 0 saturated heterocycles. The molecule has 0 heterocycles. The molecule has 4 nitrogen and oxygen atoms in total. The molecule has 1 rings (SSSR count). The van der Waals surface area contributed by atoms with Crippen LogP contribution in [0, 0.1) is 5.82 Å². The summed E-state index contributed by atoms with van der Waals surface area (Å²) in [6.45, 7) is 6.14. The number of rotatable bonds is 10. The summed E-state index contributed by atoms with van der Waals surface area (Å²) in [6, 6.07) is 2.64. The van der Waals surface area contributed by atoms with E-state index < -0.39 is 11.1 Å². The quantitative estimate of drug-likeness (QED) is 0.428. The van der Waals surface area contributed by atoms with Crippen molar-refractivity contribution in [2.75, 3.05) is 11.9 Å². The maximum atomic E-state index is 14.0. The Kier molecular flexibility index (Phi) is 9.90. The normalized spacial score (nSPS) is 11.9. The van der Waals surface area contributed by atoms with Crippen molar-refractivity contribution in [2.24, 2.45) is 0 Å². The van der Waals surface area contributed by atoms with Gasteiger partial charge in [-0.2, -0.15) is 0 Å². The van der Waals surface area contributed by atoms with Gasteiger partial charge in [0.25, 0.3) is 0 Å². The first kappa shape index (κ1) is 21.8. The van der Waals surface area contributed by atoms with Gasteiger partial charge in [-0.25, -0.2) is 4.39 Å². The lowest BCUT2D eigenvalue weighted by atomic mass is 10.2. The average Bonchev–Trinajstić information content (AvgIpc) is 2.56. The number of nitrogens with one attached hydrogen (secondary N) is 1. The molecule has 0 fully saturated rings. The molecule has 1 N–H and O–H groups in total. The Bertz CT molecular complexity index is 598. The zero-order valence-electron chi connectivity index (χ0n) is 14.9. The molecule has 25 heavy (non-hydrogen) atoms. The highest BCUT2D eigenvalue weighted by Gasteiger charge is 2.23. The summed E-state index contributed by atoms with van der Waals surface area (Å²) in [5.74, 6) is -1.16. The number of carbonyl (C=O) groups is 2. The summed E-state index contributed by atoms with van der Waals surface area (Å²) in [5, 5.41) is 2.34. The van der Waals surface area contributed by atoms with Gasteiger partial charge in [0.2, 0.25) is 5.91 Å². The summed E-state index contributed by atoms with van der Waals surface area (Å²) in [6.07, 6.45) is 3.16. The van der Waals surface area contributed by atoms with Gasteiger partial charge < -0.3 is 10.1 Å². The maximum absolute atomic E-state index is 14.0. The van der Waals surface area contributed by atoms with Crippen LogP contribution in [0.4, 0.5) is 10.1 Å². The molecule has 1 unspecified atom stereocenters. The zero-order valence-corrected chi connectivity index (χ0v) is 16.4. The van der Waals surface area contributed by atoms with Crippen LogP contribution in [0.3, 0.4) is 0 Å². The number of benzene rings is 1. The topological polar surface area (TPSA) is 55.4 Å². The Morgan fingerprint density at radius 1 is 1.24 bits per heavy atom. The molecule has 0 spiro atoms. The SMILES string of the molecule is CCCOC(=O)C(CCC)Sc1cc(NC(=O)CCC)c(F)cc1Cl. The Morgan fingerprint density at radius 3 is 2.56 bits per heavy atom. The summed E-state index contributed by atoms with van der Waals surface area (Å²) >= 11 is 7.36. The maximum Gasteiger partial charge on any atom is 0.319 e. The van der Waals surface area contributed by atoms with Crippen LogP contribution in [0.5, 0.6) is 0 Å². The van der Waals surface area contributed by atoms with Gasteiger partial charge in [0.05, 0.1) is 17.3 Å². The predicted molar refractivity (Wildman–Crippen MR) is 101 cm³/mol. The van der Waals surface area contributed by atoms with Gasteiger partial charge in [0.1, 0.15) is 11.1 Å². The predicted octanol–water partition coefficient (Wildman–Crippen LogP) is 5.43. The van der Waals surface area contributed by atoms with E-state index in [-0.39, 0.29) is 22.6 Å². The highest BCUT2D eigenvalue weighted by Crippen LogP contribution is 2.36. The number of esters is 1. The van der Waals surface area contributed by atoms with E-state index in [1.807, 2.05) is 20.8 Å². The number of thioether (sulfide) groups is 1. The third kappa shape index (κ3) is 7.24. The first-order valence-electron chi connectivity index (χ1n) is 8.55. The number of hydrogen-bond acceptors (Lipinski definition) is 4. The summed E-state index contributed by atoms with van der Waals surface area (Å²) in [5.41, 5.74) is 0.0718. The number of anilines is 1. The highest BCUT2D eigenvalue weighted by atomic mass is 35.5. The smallest absolute Gasteiger partial charge is 0.319 e. The molecule has 0 aliphatic carbocycles. The van der Waals surface area contributed by atoms with Crippen LogP contribution in [0.25, 0.3) is 0 Å². The molecule has 0 aliphatic rings. The Hall–Kier alpha value is -1.27. The minimum absolute atomic E-state index is 0.0718. The van der Waals surface area contributed by atoms with E-state index in [0.29, 0.717) is 30.8 Å². The van der Waals surface area contributed by atoms with Crippen LogP contribution < -0.4 is 5.32 Å². The fourth-order valence-corrected chi connectivity index (χ4v) is 3.56. The van der Waals surface area contributed by atoms with E-state index in [0.717, 1.165) is 18.9 Å². The molecule has 140 valence electrons. The number of ether oxygens (including phenoxy) is 1. The molecule has 1 aromatic rings. The largest absolute Gasteiger partial charge is 0.465 e. The van der Waals surface area contributed by atoms with Crippen molar-refractivity contribution in [3.8, 4) is 0 Å². The third-order valence-electron chi connectivity index (χ3n) is 3.30. The first-order chi connectivity index (χ1) is 11.9. The van der Waals surface area contributed by atoms with E-state index in [1.165, 1.54) is 17.8 Å². The monoisotopic (exact) mass is 389 g/mol. The Morgan fingerprint density at radius 2 is 1.96 bits per heavy atom. The number of halogens is 2. The fourth-order valence-electron chi connectivity index (χ4n) is 2.09. The number of amides is 1. The summed E-state index contributed by atoms with van der Waals surface area (Å²) < 4.78 is 19.3. The van der Waals surface area contributed by atoms with Crippen molar-refractivity contribution in [2.45, 2.75) is 63.0 Å². The average molecular weight is 390 g/mol. The van der Waals surface area contributed by atoms with Gasteiger partial charge in [0, 0.05) is 11.3 Å². The molecular formula is C18H25ClFNO3S. The van der Waals surface area contributed by atoms with Crippen LogP contribution >= 0.6 is 23.4 Å². The Labute approximate surface area is 157 Å². The van der Waals surface area contributed by atoms with Crippen molar-refractivity contribution in [1.29, 1.82) is 0 Å². The highest BCUT2D eigenvalue weighted by molar-refractivity contribution is 8.00. The van der Waals surface area contributed by atoms with Crippen molar-refractivity contribution < 1.29 is 18.7 Å². The number of carbonyl (C=O) groups excluding carboxylic acids is 2. The van der Waals surface area contributed by atoms with Gasteiger partial charge in [0.15, 0.2) is 0 Å². The van der Waals surface area contributed by atoms with Gasteiger partial charge in [-0.3, -0.25) is 9.59 Å². The van der Waals surface area contributed by atoms with Gasteiger partial charge >= 0.3 is 5.97 Å². The van der Waals surface area contributed by atoms with Gasteiger partial charge in [-0.1, -0.05) is 38.8 Å². The van der Waals surface area contributed by atoms with Crippen LogP contribution in [0.2, 0.25) is 5.02 Å². The molecular weight excluding hydrogens is 365 g/mol. The minimum Gasteiger partial charge on any atom is -0.465 e. The molecule has 0 saturated carbocycles. The van der Waals surface area contributed by atoms with Crippen molar-refractivity contribution in [3.63, 3.8) is 0 Å². The molecule has 1 aromatic carbocycles. The van der Waals surface area contributed by atoms with Crippen molar-refractivity contribution in [1.82, 2.24) is 0 Å². The van der Waals surface area contributed by atoms with E-state index >= 15 is 0 Å². The minimum atomic E-state index is -0.598. The second-order valence-corrected chi connectivity index (χ2v) is 7.28. The molecule has 1 amide bonds. The van der Waals surface area contributed by atoms with Crippen molar-refractivity contribution in [3.05, 3.63) is 23.0 Å². The Balaban J connectivity index is 2.97. The molecule has 0 aliphatic heterocycles. The van der Waals surface area contributed by atoms with Crippen LogP contribution in [0.15, 0.2) is 17.0 Å². The second kappa shape index (κ2) is 11.4. The fraction of sp³-hybridized carbons (Fsp3) is 0.556. The lowest BCUT2D eigenvalue weighted by molar-refractivity contribution is -0.143. The zero-order chi connectivity index (χ0) is 18.8. The standard InChI is InChI=1S/C18H25ClFNO3S/c1-4-7-15(18(23)24-9-6-3)25-16-11-14(13(20)10-12(16)19)21-17(22)8-5-2/h10-11,15H,4-9H2,1-3H3,(H,21,22). The van der Waals surface area contributed by atoms with E-state index in [9.17, 15) is 14.0 Å². The van der Waals surface area contributed by atoms with Crippen LogP contribution in [0.1, 0.15) is 52.9 Å². The number of hydrogen-bond donors (Lipinski definition) is 1. The molecule has 0 radical (unpaired) electrons. The van der Waals surface area contributed by atoms with E-state index in [1.54, 1.807) is 0 Å². The summed E-state index contributed by atoms with van der Waals surface area (Å²) in [4.78, 5) is 24.5. The molecule has 7 heteroatoms. The van der Waals surface area contributed by atoms with Gasteiger partial charge in [-0.15, -0.1) is 11.8 Å². The molecule has 0 aromatic heterocycles. The lowest BCUT2D eigenvalue weighted by Gasteiger charge is -2.17. The molecule has 1 atom stereocenters. The summed E-state index contributed by atoms with van der Waals surface area (Å²) in [7, 11) is 0. The lowest BCUT2D eigenvalue weighted by Crippen LogP contribution is -2.20. The van der Waals surface area contributed by atoms with Gasteiger partial charge in [-0.05, 0) is 31.4 Å². The first-order valence-corrected chi connectivity index (χ1v) is 9.80. The second-order valence-electron chi connectivity index (χ2n) is 5.62. The van der Waals surface area contributed by atoms with Crippen LogP contribution in [-0.4, -0.2) is 23.7 Å². The third-order valence-corrected chi connectivity index (χ3v) is 5.03. The van der Waals surface area contributed by atoms with E-state index in [2.05, 4.69) is 5.32 Å². The molecule has 0 bridgehead atoms.